The molecule has 4 rings (SSSR count). The number of ether oxygens (including phenoxy) is 3. The minimum absolute atomic E-state index is 0.104. The van der Waals surface area contributed by atoms with Gasteiger partial charge >= 0.3 is 0 Å². The normalized spacial score (nSPS) is 18.9. The van der Waals surface area contributed by atoms with Crippen LogP contribution in [0.2, 0.25) is 0 Å². The Kier molecular flexibility index (Phi) is 6.05. The van der Waals surface area contributed by atoms with E-state index in [2.05, 4.69) is 0 Å². The molecule has 31 heavy (non-hydrogen) atoms. The van der Waals surface area contributed by atoms with E-state index in [1.165, 1.54) is 0 Å². The molecule has 8 nitrogen and oxygen atoms in total. The van der Waals surface area contributed by atoms with E-state index in [9.17, 15) is 9.59 Å². The molecule has 1 fully saturated rings. The minimum Gasteiger partial charge on any atom is -0.481 e. The number of nitriles is 1. The number of nitrogens with zero attached hydrogens (tertiary/aromatic N) is 3. The second kappa shape index (κ2) is 9.06. The van der Waals surface area contributed by atoms with Crippen molar-refractivity contribution in [3.63, 3.8) is 0 Å². The molecule has 0 radical (unpaired) electrons. The van der Waals surface area contributed by atoms with Gasteiger partial charge in [-0.25, -0.2) is 0 Å². The number of fused-ring (bicyclic) bond motifs is 1. The quantitative estimate of drug-likeness (QED) is 0.750. The molecule has 2 aliphatic heterocycles. The number of rotatable bonds is 4. The number of amides is 2. The Balaban J connectivity index is 1.52. The first-order valence-corrected chi connectivity index (χ1v) is 10.2. The highest BCUT2D eigenvalue weighted by molar-refractivity contribution is 5.99. The van der Waals surface area contributed by atoms with Crippen molar-refractivity contribution in [2.75, 3.05) is 37.7 Å². The fourth-order valence-corrected chi connectivity index (χ4v) is 3.64. The van der Waals surface area contributed by atoms with E-state index in [1.54, 1.807) is 59.2 Å². The van der Waals surface area contributed by atoms with Crippen LogP contribution in [0, 0.1) is 11.3 Å². The van der Waals surface area contributed by atoms with Crippen LogP contribution in [-0.4, -0.2) is 61.8 Å². The summed E-state index contributed by atoms with van der Waals surface area (Å²) in [6.07, 6.45) is -1.59. The predicted molar refractivity (Wildman–Crippen MR) is 112 cm³/mol. The van der Waals surface area contributed by atoms with Gasteiger partial charge in [-0.05, 0) is 43.3 Å². The third kappa shape index (κ3) is 4.47. The maximum Gasteiger partial charge on any atom is 0.268 e. The topological polar surface area (TPSA) is 92.1 Å². The van der Waals surface area contributed by atoms with Gasteiger partial charge in [0, 0.05) is 13.1 Å². The lowest BCUT2D eigenvalue weighted by molar-refractivity contribution is -0.143. The maximum atomic E-state index is 13.3. The summed E-state index contributed by atoms with van der Waals surface area (Å²) in [6, 6.07) is 15.8. The predicted octanol–water partition coefficient (Wildman–Crippen LogP) is 1.98. The molecular formula is C23H23N3O5. The van der Waals surface area contributed by atoms with Crippen LogP contribution in [0.4, 0.5) is 5.69 Å². The molecule has 2 aromatic carbocycles. The van der Waals surface area contributed by atoms with Crippen molar-refractivity contribution in [2.45, 2.75) is 19.1 Å². The molecule has 8 heteroatoms. The minimum atomic E-state index is -0.793. The molecule has 2 heterocycles. The summed E-state index contributed by atoms with van der Waals surface area (Å²) in [5, 5.41) is 8.92. The molecule has 0 aromatic heterocycles. The average Bonchev–Trinajstić information content (AvgIpc) is 2.83. The molecule has 1 saturated heterocycles. The summed E-state index contributed by atoms with van der Waals surface area (Å²) in [6.45, 7) is 3.77. The van der Waals surface area contributed by atoms with Crippen LogP contribution in [0.15, 0.2) is 48.5 Å². The van der Waals surface area contributed by atoms with Gasteiger partial charge in [-0.3, -0.25) is 9.59 Å². The van der Waals surface area contributed by atoms with Crippen molar-refractivity contribution in [3.05, 3.63) is 54.1 Å². The number of carbonyl (C=O) groups is 2. The van der Waals surface area contributed by atoms with Gasteiger partial charge in [-0.1, -0.05) is 12.1 Å². The highest BCUT2D eigenvalue weighted by atomic mass is 16.5. The van der Waals surface area contributed by atoms with Crippen LogP contribution in [-0.2, 0) is 14.3 Å². The number of carbonyl (C=O) groups excluding carboxylic acids is 2. The van der Waals surface area contributed by atoms with Gasteiger partial charge in [0.2, 0.25) is 0 Å². The first-order valence-electron chi connectivity index (χ1n) is 10.2. The summed E-state index contributed by atoms with van der Waals surface area (Å²) in [5.74, 6) is 0.540. The Bertz CT molecular complexity index is 995. The van der Waals surface area contributed by atoms with Crippen molar-refractivity contribution in [2.24, 2.45) is 0 Å². The number of para-hydroxylation sites is 2. The molecule has 2 atom stereocenters. The highest BCUT2D eigenvalue weighted by Crippen LogP contribution is 2.34. The SMILES string of the molecule is CC(Oc1ccc(C#N)cc1)C(=O)N1CC(C(=O)N2CCOCC2)Oc2ccccc21. The van der Waals surface area contributed by atoms with Crippen LogP contribution in [0.3, 0.4) is 0 Å². The zero-order valence-electron chi connectivity index (χ0n) is 17.2. The van der Waals surface area contributed by atoms with Crippen LogP contribution in [0.1, 0.15) is 12.5 Å². The fraction of sp³-hybridized carbons (Fsp3) is 0.348. The van der Waals surface area contributed by atoms with Crippen molar-refractivity contribution < 1.29 is 23.8 Å². The first kappa shape index (κ1) is 20.7. The van der Waals surface area contributed by atoms with Crippen molar-refractivity contribution >= 4 is 17.5 Å². The van der Waals surface area contributed by atoms with Crippen LogP contribution < -0.4 is 14.4 Å². The molecule has 2 aliphatic rings. The lowest BCUT2D eigenvalue weighted by atomic mass is 10.1. The average molecular weight is 421 g/mol. The summed E-state index contributed by atoms with van der Waals surface area (Å²) in [5.41, 5.74) is 1.12. The van der Waals surface area contributed by atoms with E-state index >= 15 is 0 Å². The largest absolute Gasteiger partial charge is 0.481 e. The summed E-state index contributed by atoms with van der Waals surface area (Å²) >= 11 is 0. The van der Waals surface area contributed by atoms with E-state index < -0.39 is 12.2 Å². The molecule has 2 unspecified atom stereocenters. The van der Waals surface area contributed by atoms with Gasteiger partial charge in [0.1, 0.15) is 11.5 Å². The molecule has 0 bridgehead atoms. The first-order chi connectivity index (χ1) is 15.1. The van der Waals surface area contributed by atoms with Gasteiger partial charge in [0.05, 0.1) is 37.1 Å². The number of hydrogen-bond acceptors (Lipinski definition) is 6. The van der Waals surface area contributed by atoms with E-state index in [4.69, 9.17) is 19.5 Å². The fourth-order valence-electron chi connectivity index (χ4n) is 3.64. The number of benzene rings is 2. The standard InChI is InChI=1S/C23H23N3O5/c1-16(30-18-8-6-17(14-24)7-9-18)22(27)26-15-21(23(28)25-10-12-29-13-11-25)31-20-5-3-2-4-19(20)26/h2-9,16,21H,10-13,15H2,1H3. The van der Waals surface area contributed by atoms with Gasteiger partial charge in [0.15, 0.2) is 12.2 Å². The lowest BCUT2D eigenvalue weighted by Crippen LogP contribution is -2.55. The summed E-state index contributed by atoms with van der Waals surface area (Å²) in [7, 11) is 0. The van der Waals surface area contributed by atoms with Gasteiger partial charge in [-0.15, -0.1) is 0 Å². The third-order valence-corrected chi connectivity index (χ3v) is 5.28. The molecule has 160 valence electrons. The van der Waals surface area contributed by atoms with Crippen molar-refractivity contribution in [1.29, 1.82) is 5.26 Å². The van der Waals surface area contributed by atoms with Gasteiger partial charge in [-0.2, -0.15) is 5.26 Å². The Morgan fingerprint density at radius 3 is 2.55 bits per heavy atom. The van der Waals surface area contributed by atoms with E-state index in [1.807, 2.05) is 12.1 Å². The van der Waals surface area contributed by atoms with Crippen LogP contribution in [0.25, 0.3) is 0 Å². The van der Waals surface area contributed by atoms with Gasteiger partial charge < -0.3 is 24.0 Å². The highest BCUT2D eigenvalue weighted by Gasteiger charge is 2.38. The van der Waals surface area contributed by atoms with Crippen LogP contribution >= 0.6 is 0 Å². The summed E-state index contributed by atoms with van der Waals surface area (Å²) < 4.78 is 17.1. The molecule has 2 aromatic rings. The Labute approximate surface area is 180 Å². The molecule has 0 spiro atoms. The summed E-state index contributed by atoms with van der Waals surface area (Å²) in [4.78, 5) is 29.5. The maximum absolute atomic E-state index is 13.3. The number of morpholine rings is 1. The monoisotopic (exact) mass is 421 g/mol. The Morgan fingerprint density at radius 1 is 1.13 bits per heavy atom. The second-order valence-electron chi connectivity index (χ2n) is 7.36. The Morgan fingerprint density at radius 2 is 1.84 bits per heavy atom. The number of hydrogen-bond donors (Lipinski definition) is 0. The third-order valence-electron chi connectivity index (χ3n) is 5.28. The molecule has 0 N–H and O–H groups in total. The zero-order chi connectivity index (χ0) is 21.8. The van der Waals surface area contributed by atoms with Crippen molar-refractivity contribution in [3.8, 4) is 17.6 Å². The van der Waals surface area contributed by atoms with Crippen LogP contribution in [0.5, 0.6) is 11.5 Å². The lowest BCUT2D eigenvalue weighted by Gasteiger charge is -2.38. The number of anilines is 1. The Hall–Kier alpha value is -3.57. The molecular weight excluding hydrogens is 398 g/mol. The zero-order valence-corrected chi connectivity index (χ0v) is 17.2. The molecule has 0 saturated carbocycles. The smallest absolute Gasteiger partial charge is 0.268 e. The van der Waals surface area contributed by atoms with Gasteiger partial charge in [0.25, 0.3) is 11.8 Å². The van der Waals surface area contributed by atoms with E-state index in [0.717, 1.165) is 0 Å². The van der Waals surface area contributed by atoms with E-state index in [0.29, 0.717) is 49.1 Å². The van der Waals surface area contributed by atoms with E-state index in [-0.39, 0.29) is 18.4 Å². The molecule has 2 amide bonds. The molecule has 0 aliphatic carbocycles. The second-order valence-corrected chi connectivity index (χ2v) is 7.36. The van der Waals surface area contributed by atoms with Crippen molar-refractivity contribution in [1.82, 2.24) is 4.90 Å².